The molecule has 0 aromatic rings. The zero-order chi connectivity index (χ0) is 69.3. The molecule has 5 atom stereocenters. The normalized spacial score (nSPS) is 14.0. The third-order valence-electron chi connectivity index (χ3n) is 17.5. The number of carbonyl (C=O) groups excluding carboxylic acids is 4. The third-order valence-corrected chi connectivity index (χ3v) is 19.4. The summed E-state index contributed by atoms with van der Waals surface area (Å²) in [5.74, 6) is -0.659. The van der Waals surface area contributed by atoms with E-state index in [0.717, 1.165) is 102 Å². The van der Waals surface area contributed by atoms with Crippen molar-refractivity contribution in [1.82, 2.24) is 0 Å². The van der Waals surface area contributed by atoms with E-state index in [4.69, 9.17) is 37.0 Å². The summed E-state index contributed by atoms with van der Waals surface area (Å²) in [6, 6.07) is 0. The minimum atomic E-state index is -4.95. The average molecular weight is 1380 g/mol. The van der Waals surface area contributed by atoms with Crippen molar-refractivity contribution in [2.24, 2.45) is 11.8 Å². The summed E-state index contributed by atoms with van der Waals surface area (Å²) in [6.45, 7) is 9.42. The number of rotatable bonds is 74. The summed E-state index contributed by atoms with van der Waals surface area (Å²) >= 11 is 0. The predicted octanol–water partition coefficient (Wildman–Crippen LogP) is 21.9. The number of ether oxygens (including phenoxy) is 4. The molecular weight excluding hydrogens is 1230 g/mol. The molecule has 0 aliphatic heterocycles. The Balaban J connectivity index is 5.09. The van der Waals surface area contributed by atoms with E-state index in [0.29, 0.717) is 31.6 Å². The molecule has 3 N–H and O–H groups in total. The van der Waals surface area contributed by atoms with E-state index in [-0.39, 0.29) is 25.7 Å². The quantitative estimate of drug-likeness (QED) is 0.0222. The van der Waals surface area contributed by atoms with Gasteiger partial charge in [-0.1, -0.05) is 337 Å². The SMILES string of the molecule is CCCCCCCCCCCCCCCCCCCCCCCCC(=O)O[C@H](COC(=O)CCCCCCCCCCCCCCCCCC(C)C)COP(=O)(O)OC[C@@H](O)COP(=O)(O)OC[C@@H](COC(=O)CCCCCCC)OC(=O)CCCCCCCCC(C)C. The van der Waals surface area contributed by atoms with E-state index in [1.54, 1.807) is 0 Å². The van der Waals surface area contributed by atoms with Gasteiger partial charge in [-0.3, -0.25) is 37.3 Å². The summed E-state index contributed by atoms with van der Waals surface area (Å²) in [7, 11) is -9.89. The second-order valence-electron chi connectivity index (χ2n) is 28.0. The lowest BCUT2D eigenvalue weighted by molar-refractivity contribution is -0.161. The van der Waals surface area contributed by atoms with Crippen molar-refractivity contribution >= 4 is 39.5 Å². The van der Waals surface area contributed by atoms with Crippen molar-refractivity contribution in [3.63, 3.8) is 0 Å². The highest BCUT2D eigenvalue weighted by Gasteiger charge is 2.30. The van der Waals surface area contributed by atoms with Crippen molar-refractivity contribution in [2.45, 2.75) is 407 Å². The molecule has 0 fully saturated rings. The zero-order valence-corrected chi connectivity index (χ0v) is 63.1. The Kier molecular flexibility index (Phi) is 65.5. The zero-order valence-electron chi connectivity index (χ0n) is 61.3. The highest BCUT2D eigenvalue weighted by Crippen LogP contribution is 2.45. The number of phosphoric acid groups is 2. The van der Waals surface area contributed by atoms with E-state index in [9.17, 15) is 43.2 Å². The van der Waals surface area contributed by atoms with E-state index < -0.39 is 97.5 Å². The predicted molar refractivity (Wildman–Crippen MR) is 381 cm³/mol. The second-order valence-corrected chi connectivity index (χ2v) is 30.9. The van der Waals surface area contributed by atoms with Gasteiger partial charge in [-0.2, -0.15) is 0 Å². The molecule has 0 bridgehead atoms. The fraction of sp³-hybridized carbons (Fsp3) is 0.947. The molecule has 0 amide bonds. The minimum Gasteiger partial charge on any atom is -0.462 e. The monoisotopic (exact) mass is 1380 g/mol. The number of aliphatic hydroxyl groups is 1. The van der Waals surface area contributed by atoms with Gasteiger partial charge in [0, 0.05) is 25.7 Å². The lowest BCUT2D eigenvalue weighted by Crippen LogP contribution is -2.30. The summed E-state index contributed by atoms with van der Waals surface area (Å²) in [4.78, 5) is 72.4. The lowest BCUT2D eigenvalue weighted by Gasteiger charge is -2.21. The molecular formula is C75H146O17P2. The second kappa shape index (κ2) is 66.9. The topological polar surface area (TPSA) is 237 Å². The first-order chi connectivity index (χ1) is 45.4. The molecule has 0 rings (SSSR count). The van der Waals surface area contributed by atoms with Crippen LogP contribution >= 0.6 is 15.6 Å². The summed E-state index contributed by atoms with van der Waals surface area (Å²) in [5.41, 5.74) is 0. The summed E-state index contributed by atoms with van der Waals surface area (Å²) in [5, 5.41) is 10.6. The number of phosphoric ester groups is 2. The third kappa shape index (κ3) is 68.6. The van der Waals surface area contributed by atoms with Crippen LogP contribution in [-0.4, -0.2) is 96.7 Å². The van der Waals surface area contributed by atoms with Crippen LogP contribution < -0.4 is 0 Å². The Morgan fingerprint density at radius 1 is 0.287 bits per heavy atom. The van der Waals surface area contributed by atoms with Crippen molar-refractivity contribution < 1.29 is 80.2 Å². The fourth-order valence-corrected chi connectivity index (χ4v) is 13.1. The van der Waals surface area contributed by atoms with Crippen molar-refractivity contribution in [1.29, 1.82) is 0 Å². The molecule has 0 radical (unpaired) electrons. The van der Waals surface area contributed by atoms with Crippen LogP contribution in [0.25, 0.3) is 0 Å². The van der Waals surface area contributed by atoms with Crippen molar-refractivity contribution in [2.75, 3.05) is 39.6 Å². The standard InChI is InChI=1S/C75H146O17P2/c1-7-9-11-13-14-15-16-17-18-19-20-21-22-23-24-27-31-34-37-40-47-53-59-74(79)91-71(64-86-73(78)58-52-46-39-36-33-30-28-25-26-29-32-35-38-44-49-55-67(3)4)66-90-94(83,84)88-62-69(76)61-87-93(81,82)89-65-70(63-85-72(77)57-51-43-12-10-8-2)92-75(80)60-54-48-42-41-45-50-56-68(5)6/h67-71,76H,7-66H2,1-6H3,(H,81,82)(H,83,84)/t69-,70+,71+/m0/s1. The molecule has 0 aliphatic rings. The van der Waals surface area contributed by atoms with E-state index in [2.05, 4.69) is 41.5 Å². The maximum Gasteiger partial charge on any atom is 0.472 e. The van der Waals surface area contributed by atoms with Gasteiger partial charge in [0.1, 0.15) is 19.3 Å². The number of hydrogen-bond acceptors (Lipinski definition) is 15. The van der Waals surface area contributed by atoms with Crippen LogP contribution in [0.2, 0.25) is 0 Å². The molecule has 0 aliphatic carbocycles. The van der Waals surface area contributed by atoms with Gasteiger partial charge in [0.25, 0.3) is 0 Å². The molecule has 94 heavy (non-hydrogen) atoms. The molecule has 19 heteroatoms. The Labute approximate surface area is 575 Å². The van der Waals surface area contributed by atoms with Gasteiger partial charge in [0.15, 0.2) is 12.2 Å². The first kappa shape index (κ1) is 92.1. The van der Waals surface area contributed by atoms with Crippen LogP contribution in [0.1, 0.15) is 388 Å². The first-order valence-corrected chi connectivity index (χ1v) is 42.0. The average Bonchev–Trinajstić information content (AvgIpc) is 1.71. The van der Waals surface area contributed by atoms with Gasteiger partial charge in [0.2, 0.25) is 0 Å². The van der Waals surface area contributed by atoms with Crippen molar-refractivity contribution in [3.05, 3.63) is 0 Å². The number of carbonyl (C=O) groups is 4. The molecule has 0 saturated heterocycles. The molecule has 0 aromatic carbocycles. The van der Waals surface area contributed by atoms with Crippen LogP contribution in [0.3, 0.4) is 0 Å². The van der Waals surface area contributed by atoms with Crippen LogP contribution in [0.15, 0.2) is 0 Å². The number of esters is 4. The lowest BCUT2D eigenvalue weighted by atomic mass is 10.0. The molecule has 558 valence electrons. The van der Waals surface area contributed by atoms with Gasteiger partial charge in [0.05, 0.1) is 26.4 Å². The Bertz CT molecular complexity index is 1820. The first-order valence-electron chi connectivity index (χ1n) is 39.0. The fourth-order valence-electron chi connectivity index (χ4n) is 11.5. The number of unbranched alkanes of at least 4 members (excludes halogenated alkanes) is 44. The summed E-state index contributed by atoms with van der Waals surface area (Å²) < 4.78 is 68.1. The van der Waals surface area contributed by atoms with Crippen LogP contribution in [0, 0.1) is 11.8 Å². The van der Waals surface area contributed by atoms with Gasteiger partial charge in [-0.25, -0.2) is 9.13 Å². The number of hydrogen-bond donors (Lipinski definition) is 3. The largest absolute Gasteiger partial charge is 0.472 e. The maximum atomic E-state index is 13.1. The molecule has 0 spiro atoms. The van der Waals surface area contributed by atoms with Gasteiger partial charge in [-0.15, -0.1) is 0 Å². The highest BCUT2D eigenvalue weighted by atomic mass is 31.2. The Morgan fingerprint density at radius 2 is 0.489 bits per heavy atom. The van der Waals surface area contributed by atoms with Crippen LogP contribution in [-0.2, 0) is 65.4 Å². The molecule has 17 nitrogen and oxygen atoms in total. The maximum absolute atomic E-state index is 13.1. The van der Waals surface area contributed by atoms with Gasteiger partial charge in [-0.05, 0) is 37.5 Å². The minimum absolute atomic E-state index is 0.101. The van der Waals surface area contributed by atoms with E-state index >= 15 is 0 Å². The van der Waals surface area contributed by atoms with E-state index in [1.807, 2.05) is 0 Å². The molecule has 2 unspecified atom stereocenters. The van der Waals surface area contributed by atoms with Gasteiger partial charge < -0.3 is 33.8 Å². The summed E-state index contributed by atoms with van der Waals surface area (Å²) in [6.07, 6.45) is 55.0. The van der Waals surface area contributed by atoms with Gasteiger partial charge >= 0.3 is 39.5 Å². The number of aliphatic hydroxyl groups excluding tert-OH is 1. The van der Waals surface area contributed by atoms with Crippen LogP contribution in [0.5, 0.6) is 0 Å². The highest BCUT2D eigenvalue weighted by molar-refractivity contribution is 7.47. The van der Waals surface area contributed by atoms with Crippen LogP contribution in [0.4, 0.5) is 0 Å². The smallest absolute Gasteiger partial charge is 0.462 e. The molecule has 0 saturated carbocycles. The Hall–Kier alpha value is -1.94. The van der Waals surface area contributed by atoms with Crippen molar-refractivity contribution in [3.8, 4) is 0 Å². The Morgan fingerprint density at radius 3 is 0.723 bits per heavy atom. The van der Waals surface area contributed by atoms with E-state index in [1.165, 1.54) is 199 Å². The molecule has 0 heterocycles. The molecule has 0 aromatic heterocycles.